The number of nitrogens with zero attached hydrogens (tertiary/aromatic N) is 6. The highest BCUT2D eigenvalue weighted by Gasteiger charge is 2.27. The second-order valence-corrected chi connectivity index (χ2v) is 6.75. The van der Waals surface area contributed by atoms with Crippen LogP contribution in [0.5, 0.6) is 0 Å². The number of aryl methyl sites for hydroxylation is 1. The number of aromatic nitrogens is 4. The van der Waals surface area contributed by atoms with Gasteiger partial charge in [0.2, 0.25) is 11.9 Å². The van der Waals surface area contributed by atoms with Gasteiger partial charge in [-0.1, -0.05) is 30.3 Å². The summed E-state index contributed by atoms with van der Waals surface area (Å²) >= 11 is 0. The minimum absolute atomic E-state index is 0.154. The lowest BCUT2D eigenvalue weighted by molar-refractivity contribution is -0.116. The van der Waals surface area contributed by atoms with Crippen molar-refractivity contribution in [3.8, 4) is 0 Å². The van der Waals surface area contributed by atoms with Gasteiger partial charge in [0.15, 0.2) is 11.2 Å². The number of anilines is 1. The lowest BCUT2D eigenvalue weighted by Crippen LogP contribution is -2.40. The molecule has 4 rings (SSSR count). The summed E-state index contributed by atoms with van der Waals surface area (Å²) < 4.78 is 4.19. The Labute approximate surface area is 159 Å². The number of hydrogen-bond acceptors (Lipinski definition) is 6. The van der Waals surface area contributed by atoms with Crippen molar-refractivity contribution in [2.45, 2.75) is 20.0 Å². The Bertz CT molecular complexity index is 1230. The third kappa shape index (κ3) is 2.79. The number of fused-ring (bicyclic) bond motifs is 3. The molecule has 0 atom stereocenters. The number of benzene rings is 1. The summed E-state index contributed by atoms with van der Waals surface area (Å²) in [7, 11) is 1.57. The van der Waals surface area contributed by atoms with Crippen LogP contribution in [0.25, 0.3) is 11.2 Å². The first-order chi connectivity index (χ1) is 13.4. The second kappa shape index (κ2) is 6.48. The molecule has 0 spiro atoms. The van der Waals surface area contributed by atoms with Gasteiger partial charge < -0.3 is 5.73 Å². The average Bonchev–Trinajstić information content (AvgIpc) is 3.03. The second-order valence-electron chi connectivity index (χ2n) is 6.75. The number of nitrogens with two attached hydrogens (primary N) is 1. The Balaban J connectivity index is 1.95. The summed E-state index contributed by atoms with van der Waals surface area (Å²) in [6.45, 7) is 2.10. The van der Waals surface area contributed by atoms with E-state index in [1.165, 1.54) is 14.1 Å². The van der Waals surface area contributed by atoms with Crippen molar-refractivity contribution >= 4 is 28.7 Å². The summed E-state index contributed by atoms with van der Waals surface area (Å²) in [4.78, 5) is 41.8. The van der Waals surface area contributed by atoms with E-state index in [0.29, 0.717) is 18.2 Å². The van der Waals surface area contributed by atoms with Gasteiger partial charge in [0, 0.05) is 7.05 Å². The summed E-state index contributed by atoms with van der Waals surface area (Å²) in [6.07, 6.45) is 0. The molecule has 10 heteroatoms. The molecule has 144 valence electrons. The monoisotopic (exact) mass is 381 g/mol. The average molecular weight is 381 g/mol. The largest absolute Gasteiger partial charge is 0.368 e. The van der Waals surface area contributed by atoms with Crippen LogP contribution in [0.4, 0.5) is 5.95 Å². The standard InChI is InChI=1S/C18H19N7O3/c1-11-8-23-14-15(20-17(23)25(21-11)10-13(19)26)22(2)18(28)24(16(14)27)9-12-6-4-3-5-7-12/h3-7H,8-10H2,1-2H3,(H2,19,26). The molecule has 10 nitrogen and oxygen atoms in total. The van der Waals surface area contributed by atoms with Gasteiger partial charge in [-0.25, -0.2) is 9.80 Å². The molecule has 1 aromatic carbocycles. The third-order valence-electron chi connectivity index (χ3n) is 4.61. The highest BCUT2D eigenvalue weighted by Crippen LogP contribution is 2.23. The van der Waals surface area contributed by atoms with E-state index in [2.05, 4.69) is 10.1 Å². The van der Waals surface area contributed by atoms with Gasteiger partial charge in [0.1, 0.15) is 6.54 Å². The van der Waals surface area contributed by atoms with Crippen LogP contribution in [-0.2, 0) is 24.9 Å². The van der Waals surface area contributed by atoms with Crippen molar-refractivity contribution in [1.29, 1.82) is 0 Å². The van der Waals surface area contributed by atoms with Gasteiger partial charge in [-0.15, -0.1) is 0 Å². The zero-order chi connectivity index (χ0) is 20.0. The Hall–Kier alpha value is -3.69. The van der Waals surface area contributed by atoms with E-state index >= 15 is 0 Å². The number of carbonyl (C=O) groups is 1. The highest BCUT2D eigenvalue weighted by molar-refractivity contribution is 5.89. The maximum atomic E-state index is 13.2. The Morgan fingerprint density at radius 3 is 2.61 bits per heavy atom. The van der Waals surface area contributed by atoms with Crippen molar-refractivity contribution in [3.05, 3.63) is 56.7 Å². The van der Waals surface area contributed by atoms with Crippen LogP contribution in [0, 0.1) is 0 Å². The molecule has 0 radical (unpaired) electrons. The van der Waals surface area contributed by atoms with Gasteiger partial charge in [0.25, 0.3) is 5.56 Å². The lowest BCUT2D eigenvalue weighted by Gasteiger charge is -2.23. The summed E-state index contributed by atoms with van der Waals surface area (Å²) in [5, 5.41) is 5.65. The van der Waals surface area contributed by atoms with Crippen LogP contribution in [-0.4, -0.2) is 36.8 Å². The number of imidazole rings is 1. The van der Waals surface area contributed by atoms with Crippen molar-refractivity contribution in [2.75, 3.05) is 11.6 Å². The molecule has 0 saturated carbocycles. The molecule has 0 fully saturated rings. The van der Waals surface area contributed by atoms with Crippen LogP contribution in [0.2, 0.25) is 0 Å². The number of primary amides is 1. The van der Waals surface area contributed by atoms with E-state index in [-0.39, 0.29) is 24.3 Å². The minimum atomic E-state index is -0.576. The fourth-order valence-corrected chi connectivity index (χ4v) is 3.38. The van der Waals surface area contributed by atoms with Crippen LogP contribution >= 0.6 is 0 Å². The molecular formula is C18H19N7O3. The predicted octanol–water partition coefficient (Wildman–Crippen LogP) is -0.374. The van der Waals surface area contributed by atoms with Crippen molar-refractivity contribution in [2.24, 2.45) is 17.9 Å². The smallest absolute Gasteiger partial charge is 0.332 e. The van der Waals surface area contributed by atoms with Gasteiger partial charge in [0.05, 0.1) is 18.8 Å². The first-order valence-corrected chi connectivity index (χ1v) is 8.70. The molecule has 0 unspecified atom stereocenters. The molecule has 0 aliphatic carbocycles. The molecular weight excluding hydrogens is 362 g/mol. The fourth-order valence-electron chi connectivity index (χ4n) is 3.38. The predicted molar refractivity (Wildman–Crippen MR) is 104 cm³/mol. The van der Waals surface area contributed by atoms with Crippen LogP contribution in [0.15, 0.2) is 45.0 Å². The first kappa shape index (κ1) is 17.7. The van der Waals surface area contributed by atoms with E-state index in [9.17, 15) is 14.4 Å². The maximum Gasteiger partial charge on any atom is 0.332 e. The van der Waals surface area contributed by atoms with Gasteiger partial charge >= 0.3 is 5.69 Å². The van der Waals surface area contributed by atoms with E-state index in [1.807, 2.05) is 30.3 Å². The van der Waals surface area contributed by atoms with Crippen molar-refractivity contribution in [3.63, 3.8) is 0 Å². The Morgan fingerprint density at radius 1 is 1.21 bits per heavy atom. The third-order valence-corrected chi connectivity index (χ3v) is 4.61. The fraction of sp³-hybridized carbons (Fsp3) is 0.278. The highest BCUT2D eigenvalue weighted by atomic mass is 16.2. The van der Waals surface area contributed by atoms with Crippen molar-refractivity contribution in [1.82, 2.24) is 18.7 Å². The first-order valence-electron chi connectivity index (χ1n) is 8.70. The quantitative estimate of drug-likeness (QED) is 0.661. The van der Waals surface area contributed by atoms with Crippen LogP contribution < -0.4 is 22.0 Å². The number of carbonyl (C=O) groups excluding carboxylic acids is 1. The normalized spacial score (nSPS) is 13.5. The van der Waals surface area contributed by atoms with Crippen LogP contribution in [0.1, 0.15) is 12.5 Å². The van der Waals surface area contributed by atoms with E-state index in [1.54, 1.807) is 18.5 Å². The topological polar surface area (TPSA) is 121 Å². The minimum Gasteiger partial charge on any atom is -0.368 e. The summed E-state index contributed by atoms with van der Waals surface area (Å²) in [6, 6.07) is 9.29. The van der Waals surface area contributed by atoms with Gasteiger partial charge in [-0.05, 0) is 12.5 Å². The number of rotatable bonds is 4. The van der Waals surface area contributed by atoms with E-state index < -0.39 is 17.2 Å². The number of hydrogen-bond donors (Lipinski definition) is 1. The molecule has 2 aromatic heterocycles. The van der Waals surface area contributed by atoms with E-state index in [0.717, 1.165) is 5.56 Å². The van der Waals surface area contributed by atoms with Crippen molar-refractivity contribution < 1.29 is 4.79 Å². The number of amides is 1. The Kier molecular flexibility index (Phi) is 4.10. The summed E-state index contributed by atoms with van der Waals surface area (Å²) in [5.41, 5.74) is 6.47. The SMILES string of the molecule is CC1=NN(CC(N)=O)c2nc3c(c(=O)n(Cc4ccccc4)c(=O)n3C)n2C1. The molecule has 0 bridgehead atoms. The Morgan fingerprint density at radius 2 is 1.93 bits per heavy atom. The zero-order valence-electron chi connectivity index (χ0n) is 15.5. The van der Waals surface area contributed by atoms with Crippen LogP contribution in [0.3, 0.4) is 0 Å². The van der Waals surface area contributed by atoms with Gasteiger partial charge in [-0.3, -0.25) is 23.3 Å². The molecule has 0 saturated heterocycles. The molecule has 1 aliphatic heterocycles. The van der Waals surface area contributed by atoms with E-state index in [4.69, 9.17) is 5.73 Å². The summed E-state index contributed by atoms with van der Waals surface area (Å²) in [5.74, 6) is -0.267. The molecule has 2 N–H and O–H groups in total. The molecule has 1 amide bonds. The molecule has 28 heavy (non-hydrogen) atoms. The maximum absolute atomic E-state index is 13.2. The molecule has 3 heterocycles. The number of hydrazone groups is 1. The zero-order valence-corrected chi connectivity index (χ0v) is 15.5. The van der Waals surface area contributed by atoms with Gasteiger partial charge in [-0.2, -0.15) is 10.1 Å². The lowest BCUT2D eigenvalue weighted by atomic mass is 10.2. The molecule has 1 aliphatic rings. The molecule has 3 aromatic rings.